The van der Waals surface area contributed by atoms with Gasteiger partial charge in [0.15, 0.2) is 11.6 Å². The summed E-state index contributed by atoms with van der Waals surface area (Å²) in [5.74, 6) is 1.31. The molecule has 0 amide bonds. The second-order valence-corrected chi connectivity index (χ2v) is 28.6. The van der Waals surface area contributed by atoms with E-state index < -0.39 is 5.41 Å². The molecule has 512 valence electrons. The lowest BCUT2D eigenvalue weighted by Crippen LogP contribution is -2.29. The Bertz CT molecular complexity index is 5470. The Morgan fingerprint density at radius 3 is 0.780 bits per heavy atom. The van der Waals surface area contributed by atoms with Crippen molar-refractivity contribution in [2.75, 3.05) is 0 Å². The average Bonchev–Trinajstić information content (AvgIpc) is 1.54. The van der Waals surface area contributed by atoms with Gasteiger partial charge in [0.2, 0.25) is 0 Å². The van der Waals surface area contributed by atoms with Gasteiger partial charge in [0.05, 0.1) is 5.41 Å². The summed E-state index contributed by atoms with van der Waals surface area (Å²) in [6.45, 7) is 0. The Labute approximate surface area is 637 Å². The number of aromatic nitrogens is 3. The van der Waals surface area contributed by atoms with Crippen LogP contribution < -0.4 is 0 Å². The van der Waals surface area contributed by atoms with E-state index in [0.717, 1.165) is 185 Å². The maximum absolute atomic E-state index is 5.39. The molecular weight excluding hydrogens is 1320 g/mol. The van der Waals surface area contributed by atoms with Gasteiger partial charge < -0.3 is 0 Å². The van der Waals surface area contributed by atoms with Crippen LogP contribution in [0.15, 0.2) is 419 Å². The van der Waals surface area contributed by atoms with Crippen LogP contribution in [0, 0.1) is 0 Å². The first kappa shape index (κ1) is 65.7. The van der Waals surface area contributed by atoms with E-state index in [1.54, 1.807) is 6.33 Å². The minimum Gasteiger partial charge on any atom is -0.217 e. The monoisotopic (exact) mass is 1390 g/mol. The number of hydrogen-bond donors (Lipinski definition) is 0. The maximum Gasteiger partial charge on any atom is 0.163 e. The zero-order valence-corrected chi connectivity index (χ0v) is 60.1. The van der Waals surface area contributed by atoms with Crippen LogP contribution in [0.5, 0.6) is 0 Å². The third-order valence-corrected chi connectivity index (χ3v) is 21.8. The van der Waals surface area contributed by atoms with E-state index in [2.05, 4.69) is 413 Å². The summed E-state index contributed by atoms with van der Waals surface area (Å²) in [6, 6.07) is 147. The molecule has 16 aromatic carbocycles. The van der Waals surface area contributed by atoms with Gasteiger partial charge in [-0.05, 0) is 301 Å². The van der Waals surface area contributed by atoms with Gasteiger partial charge in [-0.2, -0.15) is 0 Å². The fraction of sp³-hybridized carbons (Fsp3) is 0.0283. The first-order valence-corrected chi connectivity index (χ1v) is 37.6. The van der Waals surface area contributed by atoms with Crippen LogP contribution in [0.25, 0.3) is 162 Å². The van der Waals surface area contributed by atoms with Crippen molar-refractivity contribution in [2.45, 2.75) is 18.3 Å². The maximum atomic E-state index is 5.39. The van der Waals surface area contributed by atoms with E-state index in [1.165, 1.54) is 5.56 Å². The summed E-state index contributed by atoms with van der Waals surface area (Å²) in [6.07, 6.45) is 9.95. The normalized spacial score (nSPS) is 12.6. The molecule has 0 saturated heterocycles. The third-order valence-electron chi connectivity index (χ3n) is 21.8. The van der Waals surface area contributed by atoms with Gasteiger partial charge >= 0.3 is 0 Å². The highest BCUT2D eigenvalue weighted by Gasteiger charge is 2.47. The molecule has 0 spiro atoms. The Kier molecular flexibility index (Phi) is 17.4. The molecule has 109 heavy (non-hydrogen) atoms. The van der Waals surface area contributed by atoms with Crippen molar-refractivity contribution in [3.05, 3.63) is 447 Å². The lowest BCUT2D eigenvalue weighted by atomic mass is 9.65. The van der Waals surface area contributed by atoms with Crippen molar-refractivity contribution in [3.8, 4) is 156 Å². The van der Waals surface area contributed by atoms with Gasteiger partial charge in [-0.25, -0.2) is 15.0 Å². The average molecular weight is 1390 g/mol. The second kappa shape index (κ2) is 28.8. The van der Waals surface area contributed by atoms with Crippen LogP contribution in [0.3, 0.4) is 0 Å². The smallest absolute Gasteiger partial charge is 0.163 e. The van der Waals surface area contributed by atoms with Gasteiger partial charge in [0.25, 0.3) is 0 Å². The summed E-state index contributed by atoms with van der Waals surface area (Å²) in [4.78, 5) is 15.3. The molecule has 19 rings (SSSR count). The van der Waals surface area contributed by atoms with Crippen molar-refractivity contribution in [3.63, 3.8) is 0 Å². The summed E-state index contributed by atoms with van der Waals surface area (Å²) in [5.41, 5.74) is 34.6. The predicted molar refractivity (Wildman–Crippen MR) is 454 cm³/mol. The minimum atomic E-state index is -1.07. The molecule has 0 atom stereocenters. The highest BCUT2D eigenvalue weighted by Crippen LogP contribution is 2.59. The van der Waals surface area contributed by atoms with Gasteiger partial charge in [0, 0.05) is 5.56 Å². The zero-order valence-electron chi connectivity index (χ0n) is 60.1. The zero-order chi connectivity index (χ0) is 72.5. The van der Waals surface area contributed by atoms with E-state index >= 15 is 0 Å². The lowest BCUT2D eigenvalue weighted by molar-refractivity contribution is 0.770. The Morgan fingerprint density at radius 1 is 0.211 bits per heavy atom. The molecule has 1 heterocycles. The first-order chi connectivity index (χ1) is 53.9. The van der Waals surface area contributed by atoms with Crippen LogP contribution in [0.1, 0.15) is 40.9 Å². The summed E-state index contributed by atoms with van der Waals surface area (Å²) >= 11 is 0. The second-order valence-electron chi connectivity index (χ2n) is 28.6. The lowest BCUT2D eigenvalue weighted by Gasteiger charge is -2.36. The largest absolute Gasteiger partial charge is 0.217 e. The van der Waals surface area contributed by atoms with E-state index in [0.29, 0.717) is 11.6 Å². The van der Waals surface area contributed by atoms with Crippen molar-refractivity contribution < 1.29 is 0 Å². The van der Waals surface area contributed by atoms with Crippen LogP contribution >= 0.6 is 0 Å². The molecule has 2 aliphatic carbocycles. The first-order valence-electron chi connectivity index (χ1n) is 37.6. The highest BCUT2D eigenvalue weighted by atomic mass is 15.0. The number of nitrogens with zero attached hydrogens (tertiary/aromatic N) is 3. The fourth-order valence-corrected chi connectivity index (χ4v) is 16.5. The standard InChI is InChI=1S/C106H73N3/c1-10-30-72(31-11-1)82-52-83(73-32-12-2-13-33-73)57-90(56-82)94-64-95(91-58-84(74-34-14-3-15-35-74)53-85(59-91)75-36-16-4-17-37-75)67-98(66-94)106(102-49-29-28-48-100(102)101-51-50-81(70-103(101)106)105-108-71-107-104(109-105)80-46-26-9-27-47-80)99-68-96(92-60-86(76-38-18-5-19-39-76)54-87(61-92)77-40-20-6-21-41-77)65-97(69-99)93-62-88(78-42-22-7-23-43-78)55-89(63-93)79-44-24-8-25-45-79/h1-26,28-46,48-71H,27,47H2. The Hall–Kier alpha value is -14.0. The predicted octanol–water partition coefficient (Wildman–Crippen LogP) is 27.6. The SMILES string of the molecule is C1=CCCC(c2ncnc(-c3ccc4c(c3)C(c3cc(-c5cc(-c6ccccc6)cc(-c6ccccc6)c5)cc(-c5cc(-c6ccccc6)cc(-c6ccccc6)c5)c3)(c3cc(-c5cc(-c6ccccc6)cc(-c6ccccc6)c5)cc(-c5cc(-c6ccccc6)cc(-c6ccccc6)c5)c3)c3ccccc3-4)n2)=C1. The molecule has 2 aliphatic rings. The van der Waals surface area contributed by atoms with E-state index in [1.807, 2.05) is 0 Å². The highest BCUT2D eigenvalue weighted by molar-refractivity contribution is 5.94. The van der Waals surface area contributed by atoms with Crippen LogP contribution in [0.2, 0.25) is 0 Å². The van der Waals surface area contributed by atoms with Gasteiger partial charge in [-0.3, -0.25) is 0 Å². The fourth-order valence-electron chi connectivity index (χ4n) is 16.5. The quantitative estimate of drug-likeness (QED) is 0.0968. The van der Waals surface area contributed by atoms with Crippen LogP contribution in [-0.2, 0) is 5.41 Å². The molecule has 0 saturated carbocycles. The van der Waals surface area contributed by atoms with Crippen LogP contribution in [0.4, 0.5) is 0 Å². The van der Waals surface area contributed by atoms with E-state index in [4.69, 9.17) is 15.0 Å². The number of hydrogen-bond acceptors (Lipinski definition) is 3. The Morgan fingerprint density at radius 2 is 0.477 bits per heavy atom. The molecule has 0 fully saturated rings. The van der Waals surface area contributed by atoms with Gasteiger partial charge in [-0.1, -0.05) is 297 Å². The van der Waals surface area contributed by atoms with Crippen molar-refractivity contribution in [2.24, 2.45) is 0 Å². The van der Waals surface area contributed by atoms with Crippen molar-refractivity contribution >= 4 is 5.57 Å². The number of benzene rings is 16. The van der Waals surface area contributed by atoms with Crippen molar-refractivity contribution in [1.29, 1.82) is 0 Å². The molecule has 0 unspecified atom stereocenters. The molecular formula is C106H73N3. The van der Waals surface area contributed by atoms with E-state index in [-0.39, 0.29) is 0 Å². The topological polar surface area (TPSA) is 38.7 Å². The number of fused-ring (bicyclic) bond motifs is 3. The Balaban J connectivity index is 0.969. The van der Waals surface area contributed by atoms with E-state index in [9.17, 15) is 0 Å². The number of allylic oxidation sites excluding steroid dienone is 4. The van der Waals surface area contributed by atoms with Crippen LogP contribution in [-0.4, -0.2) is 15.0 Å². The minimum absolute atomic E-state index is 0.617. The number of rotatable bonds is 16. The molecule has 0 aliphatic heterocycles. The molecule has 3 heteroatoms. The van der Waals surface area contributed by atoms with Gasteiger partial charge in [0.1, 0.15) is 6.33 Å². The molecule has 0 bridgehead atoms. The summed E-state index contributed by atoms with van der Waals surface area (Å²) in [5, 5.41) is 0. The molecule has 3 nitrogen and oxygen atoms in total. The third kappa shape index (κ3) is 12.9. The summed E-state index contributed by atoms with van der Waals surface area (Å²) in [7, 11) is 0. The summed E-state index contributed by atoms with van der Waals surface area (Å²) < 4.78 is 0. The molecule has 0 radical (unpaired) electrons. The van der Waals surface area contributed by atoms with Crippen molar-refractivity contribution in [1.82, 2.24) is 15.0 Å². The molecule has 0 N–H and O–H groups in total. The molecule has 17 aromatic rings. The molecule has 1 aromatic heterocycles. The van der Waals surface area contributed by atoms with Gasteiger partial charge in [-0.15, -0.1) is 0 Å².